The summed E-state index contributed by atoms with van der Waals surface area (Å²) >= 11 is 0. The van der Waals surface area contributed by atoms with Crippen LogP contribution in [-0.2, 0) is 11.2 Å². The Bertz CT molecular complexity index is 504. The first-order valence-electron chi connectivity index (χ1n) is 6.45. The van der Waals surface area contributed by atoms with Crippen molar-refractivity contribution in [1.29, 1.82) is 0 Å². The summed E-state index contributed by atoms with van der Waals surface area (Å²) in [5.74, 6) is 0.218. The zero-order valence-electron chi connectivity index (χ0n) is 10.5. The van der Waals surface area contributed by atoms with Crippen molar-refractivity contribution >= 4 is 17.4 Å². The van der Waals surface area contributed by atoms with E-state index < -0.39 is 0 Å². The van der Waals surface area contributed by atoms with E-state index in [9.17, 15) is 4.79 Å². The van der Waals surface area contributed by atoms with Crippen molar-refractivity contribution in [1.82, 2.24) is 10.3 Å². The summed E-state index contributed by atoms with van der Waals surface area (Å²) in [5, 5.41) is 3.32. The van der Waals surface area contributed by atoms with Gasteiger partial charge in [0, 0.05) is 24.4 Å². The number of aromatic amines is 1. The van der Waals surface area contributed by atoms with Gasteiger partial charge in [0.05, 0.1) is 12.3 Å². The number of rotatable bonds is 2. The molecule has 96 valence electrons. The van der Waals surface area contributed by atoms with Gasteiger partial charge < -0.3 is 15.0 Å². The number of hydrogen-bond donors (Lipinski definition) is 2. The van der Waals surface area contributed by atoms with Gasteiger partial charge in [0.1, 0.15) is 0 Å². The van der Waals surface area contributed by atoms with Crippen LogP contribution in [0.4, 0.5) is 5.69 Å². The quantitative estimate of drug-likeness (QED) is 0.777. The first-order valence-corrected chi connectivity index (χ1v) is 6.45. The second-order valence-corrected chi connectivity index (χ2v) is 4.73. The summed E-state index contributed by atoms with van der Waals surface area (Å²) in [6, 6.07) is 0. The lowest BCUT2D eigenvalue weighted by molar-refractivity contribution is 0.0521. The van der Waals surface area contributed by atoms with Gasteiger partial charge in [-0.2, -0.15) is 0 Å². The first-order chi connectivity index (χ1) is 8.79. The number of nitrogens with zero attached hydrogens (tertiary/aromatic N) is 1. The predicted octanol–water partition coefficient (Wildman–Crippen LogP) is 1.43. The Morgan fingerprint density at radius 2 is 2.50 bits per heavy atom. The van der Waals surface area contributed by atoms with Gasteiger partial charge in [-0.3, -0.25) is 4.99 Å². The molecule has 0 radical (unpaired) electrons. The maximum absolute atomic E-state index is 11.8. The molecule has 0 saturated carbocycles. The van der Waals surface area contributed by atoms with Crippen LogP contribution in [-0.4, -0.2) is 36.4 Å². The number of hydrogen-bond acceptors (Lipinski definition) is 4. The number of carbonyl (C=O) groups excluding carboxylic acids is 1. The molecule has 1 aromatic heterocycles. The summed E-state index contributed by atoms with van der Waals surface area (Å²) in [4.78, 5) is 19.5. The summed E-state index contributed by atoms with van der Waals surface area (Å²) in [5.41, 5.74) is 3.57. The van der Waals surface area contributed by atoms with Crippen molar-refractivity contribution in [3.05, 3.63) is 17.5 Å². The third-order valence-electron chi connectivity index (χ3n) is 3.58. The number of aliphatic imine (C=N–C) groups is 1. The zero-order valence-corrected chi connectivity index (χ0v) is 10.5. The fourth-order valence-corrected chi connectivity index (χ4v) is 2.66. The highest BCUT2D eigenvalue weighted by Gasteiger charge is 2.29. The highest BCUT2D eigenvalue weighted by Crippen LogP contribution is 2.34. The molecule has 1 atom stereocenters. The minimum absolute atomic E-state index is 0.315. The average molecular weight is 247 g/mol. The standard InChI is InChI=1S/C13H17N3O2/c1-2-18-13(17)12-11-9(6-15-12)5-8-3-4-14-7-10(8)16-11/h6,8,14-15H,2-5,7H2,1H3. The van der Waals surface area contributed by atoms with Crippen LogP contribution in [0.15, 0.2) is 11.2 Å². The van der Waals surface area contributed by atoms with Gasteiger partial charge in [0.25, 0.3) is 0 Å². The number of piperidine rings is 1. The molecule has 0 amide bonds. The van der Waals surface area contributed by atoms with E-state index in [1.807, 2.05) is 6.20 Å². The number of nitrogens with one attached hydrogen (secondary N) is 2. The van der Waals surface area contributed by atoms with Crippen molar-refractivity contribution in [2.24, 2.45) is 10.9 Å². The molecule has 2 aliphatic rings. The highest BCUT2D eigenvalue weighted by atomic mass is 16.5. The Kier molecular flexibility index (Phi) is 2.91. The number of fused-ring (bicyclic) bond motifs is 2. The molecule has 1 aromatic rings. The van der Waals surface area contributed by atoms with Crippen LogP contribution in [0.25, 0.3) is 0 Å². The Labute approximate surface area is 106 Å². The van der Waals surface area contributed by atoms with Crippen LogP contribution in [0.2, 0.25) is 0 Å². The molecule has 5 heteroatoms. The molecule has 5 nitrogen and oxygen atoms in total. The van der Waals surface area contributed by atoms with Gasteiger partial charge in [-0.1, -0.05) is 0 Å². The Morgan fingerprint density at radius 3 is 3.33 bits per heavy atom. The Hall–Kier alpha value is -1.62. The van der Waals surface area contributed by atoms with E-state index in [1.165, 1.54) is 5.71 Å². The fourth-order valence-electron chi connectivity index (χ4n) is 2.66. The molecule has 0 spiro atoms. The van der Waals surface area contributed by atoms with Gasteiger partial charge in [-0.25, -0.2) is 4.79 Å². The number of aromatic nitrogens is 1. The highest BCUT2D eigenvalue weighted by molar-refractivity contribution is 5.99. The largest absolute Gasteiger partial charge is 0.461 e. The molecule has 2 aliphatic heterocycles. The van der Waals surface area contributed by atoms with Crippen molar-refractivity contribution < 1.29 is 9.53 Å². The minimum atomic E-state index is -0.315. The van der Waals surface area contributed by atoms with Crippen molar-refractivity contribution in [3.8, 4) is 0 Å². The number of carbonyl (C=O) groups is 1. The molecule has 18 heavy (non-hydrogen) atoms. The van der Waals surface area contributed by atoms with E-state index in [0.29, 0.717) is 18.2 Å². The Balaban J connectivity index is 1.94. The van der Waals surface area contributed by atoms with Gasteiger partial charge in [0.2, 0.25) is 0 Å². The second kappa shape index (κ2) is 4.57. The molecule has 0 bridgehead atoms. The Morgan fingerprint density at radius 1 is 1.61 bits per heavy atom. The summed E-state index contributed by atoms with van der Waals surface area (Å²) in [6.45, 7) is 4.07. The smallest absolute Gasteiger partial charge is 0.357 e. The molecule has 1 saturated heterocycles. The molecule has 3 heterocycles. The topological polar surface area (TPSA) is 66.5 Å². The van der Waals surface area contributed by atoms with Crippen LogP contribution in [0, 0.1) is 5.92 Å². The molecule has 2 N–H and O–H groups in total. The first kappa shape index (κ1) is 11.5. The van der Waals surface area contributed by atoms with Gasteiger partial charge >= 0.3 is 5.97 Å². The SMILES string of the molecule is CCOC(=O)c1[nH]cc2c1N=C1CNCCC1C2. The van der Waals surface area contributed by atoms with E-state index in [1.54, 1.807) is 6.92 Å². The minimum Gasteiger partial charge on any atom is -0.461 e. The van der Waals surface area contributed by atoms with Gasteiger partial charge in [-0.05, 0) is 31.9 Å². The van der Waals surface area contributed by atoms with E-state index in [-0.39, 0.29) is 5.97 Å². The second-order valence-electron chi connectivity index (χ2n) is 4.73. The van der Waals surface area contributed by atoms with E-state index in [2.05, 4.69) is 15.3 Å². The average Bonchev–Trinajstić information content (AvgIpc) is 2.79. The molecular formula is C13H17N3O2. The lowest BCUT2D eigenvalue weighted by Crippen LogP contribution is -2.39. The van der Waals surface area contributed by atoms with Crippen LogP contribution >= 0.6 is 0 Å². The predicted molar refractivity (Wildman–Crippen MR) is 68.5 cm³/mol. The fraction of sp³-hybridized carbons (Fsp3) is 0.538. The van der Waals surface area contributed by atoms with Crippen LogP contribution in [0.1, 0.15) is 29.4 Å². The number of H-pyrrole nitrogens is 1. The van der Waals surface area contributed by atoms with E-state index in [4.69, 9.17) is 4.74 Å². The van der Waals surface area contributed by atoms with Crippen molar-refractivity contribution in [2.45, 2.75) is 19.8 Å². The van der Waals surface area contributed by atoms with E-state index in [0.717, 1.165) is 37.2 Å². The molecular weight excluding hydrogens is 230 g/mol. The maximum Gasteiger partial charge on any atom is 0.357 e. The molecule has 0 aliphatic carbocycles. The maximum atomic E-state index is 11.8. The van der Waals surface area contributed by atoms with Crippen molar-refractivity contribution in [2.75, 3.05) is 19.7 Å². The molecule has 1 fully saturated rings. The monoisotopic (exact) mass is 247 g/mol. The normalized spacial score (nSPS) is 21.8. The van der Waals surface area contributed by atoms with Gasteiger partial charge in [-0.15, -0.1) is 0 Å². The van der Waals surface area contributed by atoms with Crippen LogP contribution in [0.3, 0.4) is 0 Å². The van der Waals surface area contributed by atoms with Crippen LogP contribution in [0.5, 0.6) is 0 Å². The molecule has 0 aromatic carbocycles. The number of esters is 1. The number of ether oxygens (including phenoxy) is 1. The van der Waals surface area contributed by atoms with Crippen molar-refractivity contribution in [3.63, 3.8) is 0 Å². The third kappa shape index (κ3) is 1.84. The molecule has 1 unspecified atom stereocenters. The zero-order chi connectivity index (χ0) is 12.5. The summed E-state index contributed by atoms with van der Waals surface area (Å²) in [6.07, 6.45) is 3.99. The lowest BCUT2D eigenvalue weighted by Gasteiger charge is -2.28. The molecule has 3 rings (SSSR count). The van der Waals surface area contributed by atoms with Gasteiger partial charge in [0.15, 0.2) is 5.69 Å². The third-order valence-corrected chi connectivity index (χ3v) is 3.58. The summed E-state index contributed by atoms with van der Waals surface area (Å²) in [7, 11) is 0. The van der Waals surface area contributed by atoms with E-state index >= 15 is 0 Å². The lowest BCUT2D eigenvalue weighted by atomic mass is 9.87. The summed E-state index contributed by atoms with van der Waals surface area (Å²) < 4.78 is 5.03. The van der Waals surface area contributed by atoms with Crippen LogP contribution < -0.4 is 5.32 Å².